The number of benzene rings is 1. The summed E-state index contributed by atoms with van der Waals surface area (Å²) in [5.41, 5.74) is 1.36. The highest BCUT2D eigenvalue weighted by Gasteiger charge is 2.38. The quantitative estimate of drug-likeness (QED) is 0.351. The number of thiazole rings is 1. The van der Waals surface area contributed by atoms with Crippen molar-refractivity contribution in [2.45, 2.75) is 49.0 Å². The van der Waals surface area contributed by atoms with Crippen molar-refractivity contribution >= 4 is 48.7 Å². The second-order valence-electron chi connectivity index (χ2n) is 9.87. The van der Waals surface area contributed by atoms with E-state index in [0.717, 1.165) is 30.0 Å². The molecule has 2 fully saturated rings. The van der Waals surface area contributed by atoms with Gasteiger partial charge >= 0.3 is 5.97 Å². The minimum atomic E-state index is -4.02. The number of piperazine rings is 1. The van der Waals surface area contributed by atoms with E-state index in [0.29, 0.717) is 45.8 Å². The molecule has 3 aromatic rings. The van der Waals surface area contributed by atoms with E-state index >= 15 is 0 Å². The van der Waals surface area contributed by atoms with Gasteiger partial charge in [0.2, 0.25) is 21.8 Å². The Balaban J connectivity index is 1.39. The number of hydrogen-bond donors (Lipinski definition) is 3. The fraction of sp³-hybridized carbons (Fsp3) is 0.462. The standard InChI is InChI=1S/C26H31N5O6S2/c1-37-22-11-10-20-24(29-22)38-26(28-20)30-23(32)19(14-16-4-2-3-5-16)17-6-8-18(9-7-17)39(35,36)31-13-12-27-15-21(31)25(33)34/h6-11,16,19,21,27H,2-5,12-15H2,1H3,(H,33,34)(H,28,30,32). The van der Waals surface area contributed by atoms with E-state index in [1.165, 1.54) is 30.6 Å². The van der Waals surface area contributed by atoms with Gasteiger partial charge < -0.3 is 20.5 Å². The Morgan fingerprint density at radius 3 is 2.62 bits per heavy atom. The topological polar surface area (TPSA) is 151 Å². The van der Waals surface area contributed by atoms with Crippen molar-refractivity contribution in [1.29, 1.82) is 0 Å². The minimum absolute atomic E-state index is 0.00520. The first-order valence-electron chi connectivity index (χ1n) is 12.9. The van der Waals surface area contributed by atoms with Crippen molar-refractivity contribution in [2.75, 3.05) is 32.1 Å². The number of methoxy groups -OCH3 is 1. The average molecular weight is 574 g/mol. The number of carbonyl (C=O) groups excluding carboxylic acids is 1. The largest absolute Gasteiger partial charge is 0.481 e. The van der Waals surface area contributed by atoms with Crippen molar-refractivity contribution in [2.24, 2.45) is 5.92 Å². The third-order valence-corrected chi connectivity index (χ3v) is 10.2. The molecule has 1 aliphatic carbocycles. The molecule has 2 unspecified atom stereocenters. The highest BCUT2D eigenvalue weighted by atomic mass is 32.2. The van der Waals surface area contributed by atoms with Crippen LogP contribution >= 0.6 is 11.3 Å². The highest BCUT2D eigenvalue weighted by Crippen LogP contribution is 2.36. The lowest BCUT2D eigenvalue weighted by Crippen LogP contribution is -2.56. The lowest BCUT2D eigenvalue weighted by Gasteiger charge is -2.32. The monoisotopic (exact) mass is 573 g/mol. The molecule has 2 atom stereocenters. The van der Waals surface area contributed by atoms with Gasteiger partial charge in [0.05, 0.1) is 17.9 Å². The van der Waals surface area contributed by atoms with Gasteiger partial charge in [0.1, 0.15) is 16.4 Å². The minimum Gasteiger partial charge on any atom is -0.481 e. The normalized spacial score (nSPS) is 19.7. The fourth-order valence-corrected chi connectivity index (χ4v) is 7.74. The number of pyridine rings is 1. The van der Waals surface area contributed by atoms with Gasteiger partial charge in [0.25, 0.3) is 0 Å². The first kappa shape index (κ1) is 27.4. The molecule has 1 amide bonds. The first-order chi connectivity index (χ1) is 18.8. The lowest BCUT2D eigenvalue weighted by molar-refractivity contribution is -0.141. The Kier molecular flexibility index (Phi) is 8.12. The van der Waals surface area contributed by atoms with Gasteiger partial charge in [-0.15, -0.1) is 0 Å². The van der Waals surface area contributed by atoms with Crippen LogP contribution in [-0.2, 0) is 19.6 Å². The van der Waals surface area contributed by atoms with Gasteiger partial charge in [-0.1, -0.05) is 49.2 Å². The molecule has 11 nitrogen and oxygen atoms in total. The molecule has 2 aliphatic rings. The third kappa shape index (κ3) is 5.91. The molecule has 3 heterocycles. The molecule has 1 aliphatic heterocycles. The van der Waals surface area contributed by atoms with Crippen LogP contribution < -0.4 is 15.4 Å². The Morgan fingerprint density at radius 2 is 1.92 bits per heavy atom. The first-order valence-corrected chi connectivity index (χ1v) is 15.2. The van der Waals surface area contributed by atoms with Gasteiger partial charge in [-0.25, -0.2) is 18.4 Å². The number of nitrogens with zero attached hydrogens (tertiary/aromatic N) is 3. The van der Waals surface area contributed by atoms with Crippen molar-refractivity contribution in [1.82, 2.24) is 19.6 Å². The van der Waals surface area contributed by atoms with Crippen molar-refractivity contribution in [3.63, 3.8) is 0 Å². The molecule has 1 aromatic carbocycles. The van der Waals surface area contributed by atoms with E-state index in [4.69, 9.17) is 4.74 Å². The maximum atomic E-state index is 13.6. The summed E-state index contributed by atoms with van der Waals surface area (Å²) in [7, 11) is -2.49. The molecule has 1 saturated heterocycles. The van der Waals surface area contributed by atoms with Crippen LogP contribution in [0.15, 0.2) is 41.3 Å². The van der Waals surface area contributed by atoms with Crippen LogP contribution in [0.5, 0.6) is 5.88 Å². The molecule has 13 heteroatoms. The van der Waals surface area contributed by atoms with Crippen molar-refractivity contribution < 1.29 is 27.9 Å². The lowest BCUT2D eigenvalue weighted by atomic mass is 9.87. The van der Waals surface area contributed by atoms with Crippen molar-refractivity contribution in [3.05, 3.63) is 42.0 Å². The van der Waals surface area contributed by atoms with Gasteiger partial charge in [-0.3, -0.25) is 9.59 Å². The van der Waals surface area contributed by atoms with E-state index in [2.05, 4.69) is 20.6 Å². The zero-order valence-electron chi connectivity index (χ0n) is 21.5. The highest BCUT2D eigenvalue weighted by molar-refractivity contribution is 7.89. The number of fused-ring (bicyclic) bond motifs is 1. The molecular weight excluding hydrogens is 542 g/mol. The number of carboxylic acids is 1. The van der Waals surface area contributed by atoms with Gasteiger partial charge in [-0.2, -0.15) is 4.31 Å². The number of sulfonamides is 1. The Bertz CT molecular complexity index is 1450. The van der Waals surface area contributed by atoms with Crippen LogP contribution in [0, 0.1) is 5.92 Å². The van der Waals surface area contributed by atoms with Gasteiger partial charge in [0, 0.05) is 25.7 Å². The number of aliphatic carboxylic acids is 1. The molecule has 5 rings (SSSR count). The zero-order valence-corrected chi connectivity index (χ0v) is 23.1. The van der Waals surface area contributed by atoms with E-state index < -0.39 is 28.0 Å². The Hall–Kier alpha value is -3.13. The molecule has 1 saturated carbocycles. The van der Waals surface area contributed by atoms with E-state index in [1.807, 2.05) is 0 Å². The second-order valence-corrected chi connectivity index (χ2v) is 12.7. The SMILES string of the molecule is COc1ccc2nc(NC(=O)C(CC3CCCC3)c3ccc(S(=O)(=O)N4CCNCC4C(=O)O)cc3)sc2n1. The number of carboxylic acid groups (broad SMARTS) is 1. The third-order valence-electron chi connectivity index (χ3n) is 7.40. The summed E-state index contributed by atoms with van der Waals surface area (Å²) < 4.78 is 32.8. The molecule has 39 heavy (non-hydrogen) atoms. The molecular formula is C26H31N5O6S2. The molecule has 0 spiro atoms. The summed E-state index contributed by atoms with van der Waals surface area (Å²) in [6.07, 6.45) is 5.03. The van der Waals surface area contributed by atoms with Crippen LogP contribution in [0.2, 0.25) is 0 Å². The van der Waals surface area contributed by atoms with E-state index in [1.54, 1.807) is 24.3 Å². The number of anilines is 1. The van der Waals surface area contributed by atoms with Crippen LogP contribution in [-0.4, -0.2) is 72.5 Å². The zero-order chi connectivity index (χ0) is 27.6. The van der Waals surface area contributed by atoms with E-state index in [-0.39, 0.29) is 23.9 Å². The van der Waals surface area contributed by atoms with Crippen molar-refractivity contribution in [3.8, 4) is 5.88 Å². The maximum absolute atomic E-state index is 13.6. The summed E-state index contributed by atoms with van der Waals surface area (Å²) >= 11 is 1.26. The Morgan fingerprint density at radius 1 is 1.18 bits per heavy atom. The summed E-state index contributed by atoms with van der Waals surface area (Å²) in [5.74, 6) is -1.03. The Labute approximate surface area is 230 Å². The number of carbonyl (C=O) groups is 2. The van der Waals surface area contributed by atoms with Crippen LogP contribution in [0.4, 0.5) is 5.13 Å². The van der Waals surface area contributed by atoms with Crippen LogP contribution in [0.3, 0.4) is 0 Å². The number of ether oxygens (including phenoxy) is 1. The summed E-state index contributed by atoms with van der Waals surface area (Å²) in [6, 6.07) is 8.58. The summed E-state index contributed by atoms with van der Waals surface area (Å²) in [4.78, 5) is 34.7. The fourth-order valence-electron chi connectivity index (χ4n) is 5.33. The second kappa shape index (κ2) is 11.5. The smallest absolute Gasteiger partial charge is 0.323 e. The summed E-state index contributed by atoms with van der Waals surface area (Å²) in [5, 5.41) is 15.8. The molecule has 3 N–H and O–H groups in total. The van der Waals surface area contributed by atoms with Crippen LogP contribution in [0.25, 0.3) is 10.3 Å². The van der Waals surface area contributed by atoms with Gasteiger partial charge in [0.15, 0.2) is 5.13 Å². The molecule has 208 valence electrons. The van der Waals surface area contributed by atoms with Crippen LogP contribution in [0.1, 0.15) is 43.6 Å². The predicted octanol–water partition coefficient (Wildman–Crippen LogP) is 3.05. The molecule has 2 aromatic heterocycles. The predicted molar refractivity (Wildman–Crippen MR) is 147 cm³/mol. The summed E-state index contributed by atoms with van der Waals surface area (Å²) in [6.45, 7) is 0.486. The molecule has 0 bridgehead atoms. The number of aromatic nitrogens is 2. The number of nitrogens with one attached hydrogen (secondary N) is 2. The molecule has 0 radical (unpaired) electrons. The number of hydrogen-bond acceptors (Lipinski definition) is 9. The average Bonchev–Trinajstić information content (AvgIpc) is 3.60. The van der Waals surface area contributed by atoms with E-state index in [9.17, 15) is 23.1 Å². The maximum Gasteiger partial charge on any atom is 0.323 e. The van der Waals surface area contributed by atoms with Gasteiger partial charge in [-0.05, 0) is 36.1 Å². The number of rotatable bonds is 9. The number of amides is 1.